The molecule has 0 unspecified atom stereocenters. The zero-order valence-electron chi connectivity index (χ0n) is 8.36. The molecule has 0 amide bonds. The Morgan fingerprint density at radius 2 is 2.24 bits per heavy atom. The number of alkyl halides is 2. The SMILES string of the molecule is NC(=S)NN=Cc1cccc(OC(F)F)c1F. The molecule has 0 saturated carbocycles. The van der Waals surface area contributed by atoms with Gasteiger partial charge in [-0.25, -0.2) is 4.39 Å². The fourth-order valence-corrected chi connectivity index (χ4v) is 1.03. The average Bonchev–Trinajstić information content (AvgIpc) is 2.22. The van der Waals surface area contributed by atoms with Crippen molar-refractivity contribution in [2.24, 2.45) is 10.8 Å². The number of nitrogens with zero attached hydrogens (tertiary/aromatic N) is 1. The van der Waals surface area contributed by atoms with E-state index in [2.05, 4.69) is 27.5 Å². The van der Waals surface area contributed by atoms with Crippen molar-refractivity contribution in [2.75, 3.05) is 0 Å². The van der Waals surface area contributed by atoms with Crippen LogP contribution in [0.1, 0.15) is 5.56 Å². The molecule has 0 spiro atoms. The molecule has 0 saturated heterocycles. The minimum absolute atomic E-state index is 0.0353. The van der Waals surface area contributed by atoms with Gasteiger partial charge in [-0.3, -0.25) is 5.43 Å². The van der Waals surface area contributed by atoms with E-state index in [4.69, 9.17) is 5.73 Å². The summed E-state index contributed by atoms with van der Waals surface area (Å²) < 4.78 is 41.3. The lowest BCUT2D eigenvalue weighted by atomic mass is 10.2. The molecule has 92 valence electrons. The molecule has 0 aliphatic rings. The summed E-state index contributed by atoms with van der Waals surface area (Å²) in [6.45, 7) is -3.09. The van der Waals surface area contributed by atoms with Gasteiger partial charge in [0, 0.05) is 5.56 Å². The van der Waals surface area contributed by atoms with Gasteiger partial charge in [-0.2, -0.15) is 13.9 Å². The summed E-state index contributed by atoms with van der Waals surface area (Å²) in [6, 6.07) is 3.77. The highest BCUT2D eigenvalue weighted by Crippen LogP contribution is 2.21. The van der Waals surface area contributed by atoms with Gasteiger partial charge >= 0.3 is 6.61 Å². The fourth-order valence-electron chi connectivity index (χ4n) is 0.980. The van der Waals surface area contributed by atoms with Crippen LogP contribution < -0.4 is 15.9 Å². The van der Waals surface area contributed by atoms with Gasteiger partial charge in [-0.15, -0.1) is 0 Å². The molecule has 4 nitrogen and oxygen atoms in total. The molecule has 8 heteroatoms. The third-order valence-corrected chi connectivity index (χ3v) is 1.68. The van der Waals surface area contributed by atoms with E-state index in [0.717, 1.165) is 12.3 Å². The van der Waals surface area contributed by atoms with E-state index < -0.39 is 18.2 Å². The molecule has 1 aromatic rings. The molecule has 0 bridgehead atoms. The van der Waals surface area contributed by atoms with E-state index >= 15 is 0 Å². The van der Waals surface area contributed by atoms with Gasteiger partial charge in [-0.05, 0) is 18.3 Å². The number of hydrogen-bond acceptors (Lipinski definition) is 3. The normalized spacial score (nSPS) is 10.8. The van der Waals surface area contributed by atoms with Crippen molar-refractivity contribution in [3.63, 3.8) is 0 Å². The molecule has 1 aromatic carbocycles. The van der Waals surface area contributed by atoms with Gasteiger partial charge in [0.15, 0.2) is 16.7 Å². The minimum Gasteiger partial charge on any atom is -0.432 e. The minimum atomic E-state index is -3.09. The zero-order chi connectivity index (χ0) is 12.8. The molecule has 0 fully saturated rings. The Morgan fingerprint density at radius 1 is 1.53 bits per heavy atom. The van der Waals surface area contributed by atoms with Crippen molar-refractivity contribution < 1.29 is 17.9 Å². The second-order valence-electron chi connectivity index (χ2n) is 2.77. The summed E-state index contributed by atoms with van der Waals surface area (Å²) >= 11 is 4.46. The smallest absolute Gasteiger partial charge is 0.387 e. The summed E-state index contributed by atoms with van der Waals surface area (Å²) in [5.74, 6) is -1.50. The van der Waals surface area contributed by atoms with Gasteiger partial charge < -0.3 is 10.5 Å². The number of thiocarbonyl (C=S) groups is 1. The second kappa shape index (κ2) is 6.04. The average molecular weight is 263 g/mol. The Morgan fingerprint density at radius 3 is 2.82 bits per heavy atom. The lowest BCUT2D eigenvalue weighted by Crippen LogP contribution is -2.24. The molecule has 0 aliphatic heterocycles. The van der Waals surface area contributed by atoms with Crippen LogP contribution >= 0.6 is 12.2 Å². The third-order valence-electron chi connectivity index (χ3n) is 1.59. The first-order valence-electron chi connectivity index (χ1n) is 4.32. The van der Waals surface area contributed by atoms with Crippen LogP contribution in [0, 0.1) is 5.82 Å². The standard InChI is InChI=1S/C9H8F3N3OS/c10-7-5(4-14-15-9(13)17)2-1-3-6(7)16-8(11)12/h1-4,8H,(H3,13,15,17). The molecule has 1 rings (SSSR count). The van der Waals surface area contributed by atoms with Gasteiger partial charge in [-0.1, -0.05) is 12.1 Å². The van der Waals surface area contributed by atoms with Crippen LogP contribution in [0.3, 0.4) is 0 Å². The third kappa shape index (κ3) is 4.27. The van der Waals surface area contributed by atoms with Crippen LogP contribution in [0.2, 0.25) is 0 Å². The van der Waals surface area contributed by atoms with Crippen LogP contribution in [0.25, 0.3) is 0 Å². The van der Waals surface area contributed by atoms with Crippen LogP contribution in [-0.4, -0.2) is 17.9 Å². The van der Waals surface area contributed by atoms with E-state index in [1.165, 1.54) is 12.1 Å². The number of halogens is 3. The highest BCUT2D eigenvalue weighted by molar-refractivity contribution is 7.80. The Balaban J connectivity index is 2.86. The molecule has 17 heavy (non-hydrogen) atoms. The van der Waals surface area contributed by atoms with E-state index in [9.17, 15) is 13.2 Å². The quantitative estimate of drug-likeness (QED) is 0.492. The van der Waals surface area contributed by atoms with Crippen molar-refractivity contribution in [1.29, 1.82) is 0 Å². The molecule has 0 aromatic heterocycles. The molecule has 0 radical (unpaired) electrons. The highest BCUT2D eigenvalue weighted by Gasteiger charge is 2.11. The number of nitrogens with one attached hydrogen (secondary N) is 1. The van der Waals surface area contributed by atoms with Crippen LogP contribution in [0.15, 0.2) is 23.3 Å². The summed E-state index contributed by atoms with van der Waals surface area (Å²) in [5, 5.41) is 3.40. The van der Waals surface area contributed by atoms with Crippen molar-refractivity contribution in [3.05, 3.63) is 29.6 Å². The topological polar surface area (TPSA) is 59.6 Å². The molecule has 0 heterocycles. The predicted molar refractivity (Wildman–Crippen MR) is 60.5 cm³/mol. The highest BCUT2D eigenvalue weighted by atomic mass is 32.1. The number of ether oxygens (including phenoxy) is 1. The lowest BCUT2D eigenvalue weighted by Gasteiger charge is -2.06. The van der Waals surface area contributed by atoms with Crippen LogP contribution in [-0.2, 0) is 0 Å². The summed E-state index contributed by atoms with van der Waals surface area (Å²) in [7, 11) is 0. The van der Waals surface area contributed by atoms with Crippen molar-refractivity contribution in [2.45, 2.75) is 6.61 Å². The number of nitrogens with two attached hydrogens (primary N) is 1. The molecule has 0 aliphatic carbocycles. The molecular weight excluding hydrogens is 255 g/mol. The first-order valence-corrected chi connectivity index (χ1v) is 4.73. The van der Waals surface area contributed by atoms with Crippen LogP contribution in [0.4, 0.5) is 13.2 Å². The van der Waals surface area contributed by atoms with Crippen molar-refractivity contribution >= 4 is 23.5 Å². The molecular formula is C9H8F3N3OS. The molecule has 3 N–H and O–H groups in total. The summed E-state index contributed by atoms with van der Waals surface area (Å²) in [6.07, 6.45) is 1.05. The van der Waals surface area contributed by atoms with Crippen molar-refractivity contribution in [3.8, 4) is 5.75 Å². The van der Waals surface area contributed by atoms with Gasteiger partial charge in [0.1, 0.15) is 0 Å². The number of benzene rings is 1. The maximum absolute atomic E-state index is 13.5. The Bertz CT molecular complexity index is 439. The number of hydrazone groups is 1. The first kappa shape index (κ1) is 13.2. The van der Waals surface area contributed by atoms with E-state index in [1.807, 2.05) is 0 Å². The fraction of sp³-hybridized carbons (Fsp3) is 0.111. The first-order chi connectivity index (χ1) is 8.00. The van der Waals surface area contributed by atoms with Gasteiger partial charge in [0.25, 0.3) is 0 Å². The lowest BCUT2D eigenvalue weighted by molar-refractivity contribution is -0.0521. The maximum Gasteiger partial charge on any atom is 0.387 e. The largest absolute Gasteiger partial charge is 0.432 e. The predicted octanol–water partition coefficient (Wildman–Crippen LogP) is 1.59. The Kier molecular flexibility index (Phi) is 4.70. The number of rotatable bonds is 4. The van der Waals surface area contributed by atoms with E-state index in [-0.39, 0.29) is 10.7 Å². The maximum atomic E-state index is 13.5. The summed E-state index contributed by atoms with van der Waals surface area (Å²) in [5.41, 5.74) is 7.25. The van der Waals surface area contributed by atoms with Crippen LogP contribution in [0.5, 0.6) is 5.75 Å². The van der Waals surface area contributed by atoms with E-state index in [0.29, 0.717) is 0 Å². The van der Waals surface area contributed by atoms with Gasteiger partial charge in [0.2, 0.25) is 0 Å². The van der Waals surface area contributed by atoms with E-state index in [1.54, 1.807) is 0 Å². The Hall–Kier alpha value is -1.83. The summed E-state index contributed by atoms with van der Waals surface area (Å²) in [4.78, 5) is 0. The van der Waals surface area contributed by atoms with Crippen molar-refractivity contribution in [1.82, 2.24) is 5.43 Å². The second-order valence-corrected chi connectivity index (χ2v) is 3.21. The monoisotopic (exact) mass is 263 g/mol. The zero-order valence-corrected chi connectivity index (χ0v) is 9.18. The molecule has 0 atom stereocenters. The Labute approximate surface area is 100 Å². The number of hydrogen-bond donors (Lipinski definition) is 2. The van der Waals surface area contributed by atoms with Gasteiger partial charge in [0.05, 0.1) is 6.21 Å².